The zero-order chi connectivity index (χ0) is 16.0. The second-order valence-corrected chi connectivity index (χ2v) is 4.07. The number of hydrogen-bond donors (Lipinski definition) is 4. The maximum atomic E-state index is 11.1. The molecule has 8 nitrogen and oxygen atoms in total. The quantitative estimate of drug-likeness (QED) is 0.357. The third-order valence-corrected chi connectivity index (χ3v) is 2.56. The summed E-state index contributed by atoms with van der Waals surface area (Å²) in [5.41, 5.74) is 7.40. The van der Waals surface area contributed by atoms with Crippen LogP contribution in [0.15, 0.2) is 17.2 Å². The fourth-order valence-electron chi connectivity index (χ4n) is 1.34. The van der Waals surface area contributed by atoms with E-state index in [2.05, 4.69) is 10.5 Å². The fraction of sp³-hybridized carbons (Fsp3) is 0.167. The summed E-state index contributed by atoms with van der Waals surface area (Å²) >= 11 is 5.93. The van der Waals surface area contributed by atoms with Gasteiger partial charge in [-0.15, -0.1) is 0 Å². The number of carboxylic acids is 1. The number of rotatable bonds is 6. The molecule has 0 aliphatic rings. The average Bonchev–Trinajstić information content (AvgIpc) is 2.41. The summed E-state index contributed by atoms with van der Waals surface area (Å²) in [5.74, 6) is -1.58. The number of nitrogens with two attached hydrogens (primary N) is 1. The summed E-state index contributed by atoms with van der Waals surface area (Å²) in [6, 6.07) is 4.17. The number of anilines is 1. The van der Waals surface area contributed by atoms with Crippen molar-refractivity contribution in [3.05, 3.63) is 22.7 Å². The Balaban J connectivity index is 3.20. The molecule has 5 N–H and O–H groups in total. The van der Waals surface area contributed by atoms with Gasteiger partial charge in [0.05, 0.1) is 17.3 Å². The smallest absolute Gasteiger partial charge is 0.339 e. The molecule has 0 fully saturated rings. The maximum Gasteiger partial charge on any atom is 0.339 e. The van der Waals surface area contributed by atoms with E-state index in [4.69, 9.17) is 37.8 Å². The van der Waals surface area contributed by atoms with Crippen molar-refractivity contribution in [1.82, 2.24) is 0 Å². The molecule has 0 aliphatic heterocycles. The van der Waals surface area contributed by atoms with Crippen LogP contribution in [-0.2, 0) is 0 Å². The van der Waals surface area contributed by atoms with Crippen LogP contribution < -0.4 is 15.9 Å². The van der Waals surface area contributed by atoms with E-state index in [1.165, 1.54) is 12.1 Å². The molecule has 0 atom stereocenters. The molecule has 0 bridgehead atoms. The predicted octanol–water partition coefficient (Wildman–Crippen LogP) is 1.66. The van der Waals surface area contributed by atoms with E-state index in [1.54, 1.807) is 13.0 Å². The third kappa shape index (κ3) is 4.09. The number of nitriles is 1. The highest BCUT2D eigenvalue weighted by Crippen LogP contribution is 2.31. The first-order valence-corrected chi connectivity index (χ1v) is 6.06. The van der Waals surface area contributed by atoms with Crippen molar-refractivity contribution in [3.63, 3.8) is 0 Å². The molecule has 0 unspecified atom stereocenters. The molecule has 0 aromatic heterocycles. The lowest BCUT2D eigenvalue weighted by molar-refractivity contribution is 0.0692. The minimum Gasteiger partial charge on any atom is -0.493 e. The Morgan fingerprint density at radius 2 is 2.33 bits per heavy atom. The Kier molecular flexibility index (Phi) is 5.51. The Morgan fingerprint density at radius 1 is 1.67 bits per heavy atom. The van der Waals surface area contributed by atoms with Gasteiger partial charge in [0.15, 0.2) is 5.84 Å². The minimum atomic E-state index is -1.18. The lowest BCUT2D eigenvalue weighted by atomic mass is 10.2. The predicted molar refractivity (Wildman–Crippen MR) is 78.2 cm³/mol. The molecule has 110 valence electrons. The number of carboxylic acid groups (broad SMARTS) is 1. The highest BCUT2D eigenvalue weighted by atomic mass is 35.5. The van der Waals surface area contributed by atoms with Gasteiger partial charge < -0.3 is 15.6 Å². The van der Waals surface area contributed by atoms with E-state index in [1.807, 2.05) is 0 Å². The largest absolute Gasteiger partial charge is 0.493 e. The summed E-state index contributed by atoms with van der Waals surface area (Å²) in [7, 11) is 0. The van der Waals surface area contributed by atoms with Gasteiger partial charge in [-0.25, -0.2) is 4.79 Å². The van der Waals surface area contributed by atoms with Crippen LogP contribution in [0, 0.1) is 16.7 Å². The molecule has 1 aromatic rings. The average molecular weight is 310 g/mol. The zero-order valence-electron chi connectivity index (χ0n) is 11.0. The van der Waals surface area contributed by atoms with Crippen molar-refractivity contribution < 1.29 is 14.6 Å². The van der Waals surface area contributed by atoms with Gasteiger partial charge in [-0.1, -0.05) is 11.6 Å². The number of nitrogens with one attached hydrogen (secondary N) is 2. The van der Waals surface area contributed by atoms with Gasteiger partial charge in [0.1, 0.15) is 17.4 Å². The van der Waals surface area contributed by atoms with Crippen molar-refractivity contribution in [2.75, 3.05) is 12.0 Å². The number of nitrogens with zero attached hydrogens (tertiary/aromatic N) is 2. The topological polar surface area (TPSA) is 145 Å². The van der Waals surface area contributed by atoms with Crippen molar-refractivity contribution in [3.8, 4) is 11.8 Å². The molecule has 1 aromatic carbocycles. The van der Waals surface area contributed by atoms with Gasteiger partial charge in [-0.05, 0) is 13.0 Å². The lowest BCUT2D eigenvalue weighted by Crippen LogP contribution is -2.21. The number of hydrazone groups is 1. The van der Waals surface area contributed by atoms with Crippen LogP contribution in [0.5, 0.6) is 5.75 Å². The number of aromatic carboxylic acids is 1. The number of amidine groups is 1. The van der Waals surface area contributed by atoms with Crippen LogP contribution in [0.2, 0.25) is 5.02 Å². The number of hydrogen-bond acceptors (Lipinski definition) is 6. The summed E-state index contributed by atoms with van der Waals surface area (Å²) in [4.78, 5) is 11.1. The highest BCUT2D eigenvalue weighted by Gasteiger charge is 2.15. The third-order valence-electron chi connectivity index (χ3n) is 2.25. The van der Waals surface area contributed by atoms with E-state index < -0.39 is 11.8 Å². The number of halogens is 1. The van der Waals surface area contributed by atoms with Gasteiger partial charge in [-0.3, -0.25) is 10.8 Å². The van der Waals surface area contributed by atoms with Crippen molar-refractivity contribution >= 4 is 34.8 Å². The van der Waals surface area contributed by atoms with E-state index in [0.717, 1.165) is 0 Å². The van der Waals surface area contributed by atoms with Gasteiger partial charge in [0, 0.05) is 6.07 Å². The molecule has 0 heterocycles. The van der Waals surface area contributed by atoms with Crippen LogP contribution in [0.4, 0.5) is 5.69 Å². The summed E-state index contributed by atoms with van der Waals surface area (Å²) in [6.45, 7) is 1.97. The van der Waals surface area contributed by atoms with Crippen LogP contribution in [0.1, 0.15) is 17.3 Å². The zero-order valence-corrected chi connectivity index (χ0v) is 11.7. The Labute approximate surface area is 125 Å². The molecule has 0 amide bonds. The first-order chi connectivity index (χ1) is 9.90. The molecule has 0 aliphatic carbocycles. The Morgan fingerprint density at radius 3 is 2.81 bits per heavy atom. The van der Waals surface area contributed by atoms with Gasteiger partial charge >= 0.3 is 5.97 Å². The van der Waals surface area contributed by atoms with E-state index in [-0.39, 0.29) is 34.3 Å². The summed E-state index contributed by atoms with van der Waals surface area (Å²) < 4.78 is 5.21. The van der Waals surface area contributed by atoms with E-state index in [9.17, 15) is 4.79 Å². The lowest BCUT2D eigenvalue weighted by Gasteiger charge is -2.11. The minimum absolute atomic E-state index is 0.0699. The van der Waals surface area contributed by atoms with Crippen molar-refractivity contribution in [2.45, 2.75) is 6.92 Å². The monoisotopic (exact) mass is 309 g/mol. The van der Waals surface area contributed by atoms with Crippen LogP contribution in [0.25, 0.3) is 0 Å². The molecule has 21 heavy (non-hydrogen) atoms. The van der Waals surface area contributed by atoms with Gasteiger partial charge in [0.2, 0.25) is 5.71 Å². The van der Waals surface area contributed by atoms with E-state index in [0.29, 0.717) is 0 Å². The Bertz CT molecular complexity index is 651. The molecule has 0 radical (unpaired) electrons. The molecular formula is C12H12ClN5O3. The first-order valence-electron chi connectivity index (χ1n) is 5.68. The summed E-state index contributed by atoms with van der Waals surface area (Å²) in [5, 5.41) is 28.6. The second-order valence-electron chi connectivity index (χ2n) is 3.66. The number of carbonyl (C=O) groups is 1. The fourth-order valence-corrected chi connectivity index (χ4v) is 1.55. The SMILES string of the molecule is CCOc1cc(N/N=C(\C#N)C(=N)N)c(Cl)cc1C(=O)O. The Hall–Kier alpha value is -2.79. The van der Waals surface area contributed by atoms with Crippen LogP contribution >= 0.6 is 11.6 Å². The normalized spacial score (nSPS) is 10.6. The molecule has 1 rings (SSSR count). The van der Waals surface area contributed by atoms with Crippen molar-refractivity contribution in [1.29, 1.82) is 10.7 Å². The number of benzene rings is 1. The van der Waals surface area contributed by atoms with Gasteiger partial charge in [-0.2, -0.15) is 10.4 Å². The number of ether oxygens (including phenoxy) is 1. The standard InChI is InChI=1S/C12H12ClN5O3/c1-2-21-10-4-8(7(13)3-6(10)12(19)20)17-18-9(5-14)11(15)16/h3-4,17H,2H2,1H3,(H3,15,16)(H,19,20)/b18-9+. The second kappa shape index (κ2) is 7.12. The summed E-state index contributed by atoms with van der Waals surface area (Å²) in [6.07, 6.45) is 0. The highest BCUT2D eigenvalue weighted by molar-refractivity contribution is 6.46. The van der Waals surface area contributed by atoms with Crippen LogP contribution in [0.3, 0.4) is 0 Å². The molecular weight excluding hydrogens is 298 g/mol. The molecule has 0 saturated heterocycles. The van der Waals surface area contributed by atoms with Gasteiger partial charge in [0.25, 0.3) is 0 Å². The maximum absolute atomic E-state index is 11.1. The van der Waals surface area contributed by atoms with Crippen molar-refractivity contribution in [2.24, 2.45) is 10.8 Å². The van der Waals surface area contributed by atoms with E-state index >= 15 is 0 Å². The molecule has 9 heteroatoms. The first kappa shape index (κ1) is 16.3. The molecule has 0 spiro atoms. The van der Waals surface area contributed by atoms with Crippen LogP contribution in [-0.4, -0.2) is 29.2 Å². The molecule has 0 saturated carbocycles.